The normalized spacial score (nSPS) is 10.8. The average Bonchev–Trinajstić information content (AvgIpc) is 3.18. The van der Waals surface area contributed by atoms with E-state index in [0.717, 1.165) is 26.9 Å². The van der Waals surface area contributed by atoms with E-state index in [0.29, 0.717) is 29.4 Å². The molecule has 4 aromatic rings. The van der Waals surface area contributed by atoms with Gasteiger partial charge in [-0.2, -0.15) is 0 Å². The third-order valence-corrected chi connectivity index (χ3v) is 5.79. The number of aromatic nitrogens is 2. The molecule has 0 fully saturated rings. The second-order valence-corrected chi connectivity index (χ2v) is 8.25. The summed E-state index contributed by atoms with van der Waals surface area (Å²) in [5.41, 5.74) is 3.42. The lowest BCUT2D eigenvalue weighted by molar-refractivity contribution is 0.0948. The maximum atomic E-state index is 13.0. The predicted octanol–water partition coefficient (Wildman–Crippen LogP) is 4.80. The number of amides is 1. The molecule has 8 heteroatoms. The van der Waals surface area contributed by atoms with Gasteiger partial charge in [0.1, 0.15) is 5.82 Å². The molecule has 1 amide bonds. The highest BCUT2D eigenvalue weighted by molar-refractivity contribution is 9.10. The molecule has 7 nitrogen and oxygen atoms in total. The lowest BCUT2D eigenvalue weighted by atomic mass is 10.1. The smallest absolute Gasteiger partial charge is 0.251 e. The van der Waals surface area contributed by atoms with E-state index in [1.165, 1.54) is 21.3 Å². The van der Waals surface area contributed by atoms with Gasteiger partial charge in [0.15, 0.2) is 11.5 Å². The first kappa shape index (κ1) is 22.7. The Morgan fingerprint density at radius 3 is 2.36 bits per heavy atom. The van der Waals surface area contributed by atoms with Crippen molar-refractivity contribution in [1.29, 1.82) is 0 Å². The fourth-order valence-electron chi connectivity index (χ4n) is 3.73. The van der Waals surface area contributed by atoms with Crippen LogP contribution < -0.4 is 19.5 Å². The molecule has 170 valence electrons. The monoisotopic (exact) mass is 509 g/mol. The number of halogens is 1. The zero-order chi connectivity index (χ0) is 23.4. The Morgan fingerprint density at radius 1 is 0.970 bits per heavy atom. The Labute approximate surface area is 200 Å². The minimum atomic E-state index is -0.268. The van der Waals surface area contributed by atoms with E-state index in [1.54, 1.807) is 12.1 Å². The van der Waals surface area contributed by atoms with E-state index >= 15 is 0 Å². The number of para-hydroxylation sites is 2. The molecule has 4 rings (SSSR count). The molecule has 0 aliphatic rings. The van der Waals surface area contributed by atoms with E-state index in [-0.39, 0.29) is 12.5 Å². The van der Waals surface area contributed by atoms with Gasteiger partial charge in [0, 0.05) is 16.6 Å². The minimum absolute atomic E-state index is 0.262. The average molecular weight is 510 g/mol. The number of carbonyl (C=O) groups excluding carboxylic acids is 1. The van der Waals surface area contributed by atoms with Crippen LogP contribution >= 0.6 is 15.9 Å². The number of nitrogens with zero attached hydrogens (tertiary/aromatic N) is 2. The van der Waals surface area contributed by atoms with E-state index in [9.17, 15) is 4.79 Å². The summed E-state index contributed by atoms with van der Waals surface area (Å²) in [6, 6.07) is 19.3. The van der Waals surface area contributed by atoms with Gasteiger partial charge in [-0.3, -0.25) is 4.79 Å². The topological polar surface area (TPSA) is 74.6 Å². The molecule has 0 saturated heterocycles. The molecule has 0 unspecified atom stereocenters. The number of hydrogen-bond donors (Lipinski definition) is 1. The number of imidazole rings is 1. The van der Waals surface area contributed by atoms with Gasteiger partial charge in [-0.1, -0.05) is 40.2 Å². The standard InChI is InChI=1S/C25H24BrN3O4/c1-31-21-12-17(13-22(32-2)24(21)33-3)25(30)27-14-23-28-19-9-4-5-10-20(19)29(23)15-16-7-6-8-18(26)11-16/h4-13H,14-15H2,1-3H3,(H,27,30). The Balaban J connectivity index is 1.61. The molecule has 1 aromatic heterocycles. The van der Waals surface area contributed by atoms with Crippen molar-refractivity contribution in [2.45, 2.75) is 13.1 Å². The van der Waals surface area contributed by atoms with Crippen molar-refractivity contribution in [2.24, 2.45) is 0 Å². The first-order chi connectivity index (χ1) is 16.0. The second-order valence-electron chi connectivity index (χ2n) is 7.33. The predicted molar refractivity (Wildman–Crippen MR) is 130 cm³/mol. The van der Waals surface area contributed by atoms with Gasteiger partial charge >= 0.3 is 0 Å². The van der Waals surface area contributed by atoms with Gasteiger partial charge in [-0.05, 0) is 42.0 Å². The Morgan fingerprint density at radius 2 is 1.70 bits per heavy atom. The summed E-state index contributed by atoms with van der Waals surface area (Å²) < 4.78 is 19.2. The van der Waals surface area contributed by atoms with Crippen molar-refractivity contribution in [2.75, 3.05) is 21.3 Å². The van der Waals surface area contributed by atoms with Crippen molar-refractivity contribution in [3.8, 4) is 17.2 Å². The SMILES string of the molecule is COc1cc(C(=O)NCc2nc3ccccc3n2Cc2cccc(Br)c2)cc(OC)c1OC. The first-order valence-electron chi connectivity index (χ1n) is 10.3. The van der Waals surface area contributed by atoms with E-state index in [1.807, 2.05) is 36.4 Å². The number of rotatable bonds is 8. The minimum Gasteiger partial charge on any atom is -0.493 e. The molecule has 0 aliphatic heterocycles. The maximum Gasteiger partial charge on any atom is 0.251 e. The Kier molecular flexibility index (Phi) is 6.84. The van der Waals surface area contributed by atoms with Gasteiger partial charge < -0.3 is 24.1 Å². The lowest BCUT2D eigenvalue weighted by Crippen LogP contribution is -2.25. The molecular weight excluding hydrogens is 486 g/mol. The van der Waals surface area contributed by atoms with E-state index in [4.69, 9.17) is 19.2 Å². The highest BCUT2D eigenvalue weighted by Crippen LogP contribution is 2.38. The van der Waals surface area contributed by atoms with Crippen LogP contribution in [0.4, 0.5) is 0 Å². The highest BCUT2D eigenvalue weighted by atomic mass is 79.9. The third-order valence-electron chi connectivity index (χ3n) is 5.30. The summed E-state index contributed by atoms with van der Waals surface area (Å²) in [6.45, 7) is 0.896. The van der Waals surface area contributed by atoms with Gasteiger partial charge in [0.05, 0.1) is 38.9 Å². The molecular formula is C25H24BrN3O4. The summed E-state index contributed by atoms with van der Waals surface area (Å²) in [5.74, 6) is 1.77. The molecule has 0 radical (unpaired) electrons. The van der Waals surface area contributed by atoms with Crippen LogP contribution in [0.15, 0.2) is 65.1 Å². The summed E-state index contributed by atoms with van der Waals surface area (Å²) in [7, 11) is 4.56. The highest BCUT2D eigenvalue weighted by Gasteiger charge is 2.18. The Bertz CT molecular complexity index is 1280. The summed E-state index contributed by atoms with van der Waals surface area (Å²) in [4.78, 5) is 17.7. The molecule has 1 N–H and O–H groups in total. The summed E-state index contributed by atoms with van der Waals surface area (Å²) in [5, 5.41) is 2.97. The molecule has 0 spiro atoms. The summed E-state index contributed by atoms with van der Waals surface area (Å²) >= 11 is 3.53. The van der Waals surface area contributed by atoms with Crippen LogP contribution in [0.1, 0.15) is 21.7 Å². The molecule has 3 aromatic carbocycles. The van der Waals surface area contributed by atoms with E-state index < -0.39 is 0 Å². The van der Waals surface area contributed by atoms with Crippen LogP contribution in [0.25, 0.3) is 11.0 Å². The number of fused-ring (bicyclic) bond motifs is 1. The van der Waals surface area contributed by atoms with Gasteiger partial charge in [0.2, 0.25) is 5.75 Å². The number of ether oxygens (including phenoxy) is 3. The number of benzene rings is 3. The van der Waals surface area contributed by atoms with Crippen LogP contribution in [-0.2, 0) is 13.1 Å². The number of methoxy groups -OCH3 is 3. The van der Waals surface area contributed by atoms with Crippen LogP contribution in [0.5, 0.6) is 17.2 Å². The number of hydrogen-bond acceptors (Lipinski definition) is 5. The van der Waals surface area contributed by atoms with Crippen molar-refractivity contribution in [1.82, 2.24) is 14.9 Å². The Hall–Kier alpha value is -3.52. The molecule has 0 saturated carbocycles. The van der Waals surface area contributed by atoms with Gasteiger partial charge in [-0.15, -0.1) is 0 Å². The van der Waals surface area contributed by atoms with Crippen LogP contribution in [0.3, 0.4) is 0 Å². The van der Waals surface area contributed by atoms with Crippen molar-refractivity contribution in [3.63, 3.8) is 0 Å². The van der Waals surface area contributed by atoms with Crippen molar-refractivity contribution >= 4 is 32.9 Å². The van der Waals surface area contributed by atoms with Crippen molar-refractivity contribution < 1.29 is 19.0 Å². The van der Waals surface area contributed by atoms with Crippen LogP contribution in [0, 0.1) is 0 Å². The molecule has 0 atom stereocenters. The van der Waals surface area contributed by atoms with Crippen molar-refractivity contribution in [3.05, 3.63) is 82.1 Å². The van der Waals surface area contributed by atoms with Gasteiger partial charge in [0.25, 0.3) is 5.91 Å². The molecule has 1 heterocycles. The largest absolute Gasteiger partial charge is 0.493 e. The summed E-state index contributed by atoms with van der Waals surface area (Å²) in [6.07, 6.45) is 0. The lowest BCUT2D eigenvalue weighted by Gasteiger charge is -2.14. The third kappa shape index (κ3) is 4.80. The quantitative estimate of drug-likeness (QED) is 0.369. The first-order valence-corrected chi connectivity index (χ1v) is 11.1. The zero-order valence-electron chi connectivity index (χ0n) is 18.6. The van der Waals surface area contributed by atoms with Crippen LogP contribution in [-0.4, -0.2) is 36.8 Å². The number of nitrogens with one attached hydrogen (secondary N) is 1. The zero-order valence-corrected chi connectivity index (χ0v) is 20.2. The van der Waals surface area contributed by atoms with Crippen LogP contribution in [0.2, 0.25) is 0 Å². The fourth-order valence-corrected chi connectivity index (χ4v) is 4.17. The maximum absolute atomic E-state index is 13.0. The molecule has 0 bridgehead atoms. The molecule has 33 heavy (non-hydrogen) atoms. The fraction of sp³-hybridized carbons (Fsp3) is 0.200. The second kappa shape index (κ2) is 9.95. The van der Waals surface area contributed by atoms with Gasteiger partial charge in [-0.25, -0.2) is 4.98 Å². The number of carbonyl (C=O) groups is 1. The molecule has 0 aliphatic carbocycles. The van der Waals surface area contributed by atoms with E-state index in [2.05, 4.69) is 37.9 Å².